The molecule has 216 valence electrons. The average Bonchev–Trinajstić information content (AvgIpc) is 3.67. The molecule has 0 unspecified atom stereocenters. The van der Waals surface area contributed by atoms with Gasteiger partial charge >= 0.3 is 0 Å². The lowest BCUT2D eigenvalue weighted by atomic mass is 10.0. The number of hydrogen-bond donors (Lipinski definition) is 0. The van der Waals surface area contributed by atoms with Gasteiger partial charge in [0.25, 0.3) is 0 Å². The van der Waals surface area contributed by atoms with Crippen LogP contribution in [0, 0.1) is 0 Å². The third-order valence-corrected chi connectivity index (χ3v) is 8.53. The van der Waals surface area contributed by atoms with Crippen LogP contribution in [0.25, 0.3) is 78.6 Å². The van der Waals surface area contributed by atoms with Gasteiger partial charge < -0.3 is 0 Å². The Labute approximate surface area is 265 Å². The SMILES string of the molecule is c1ccc(-c2cc(-c3ccccc3)nc(-c3cccc(-c4cccc(-n5c6ccccc6n6c7ccccc7nc56)c4)c3)n2)cc1. The van der Waals surface area contributed by atoms with E-state index in [4.69, 9.17) is 15.0 Å². The zero-order valence-corrected chi connectivity index (χ0v) is 24.8. The summed E-state index contributed by atoms with van der Waals surface area (Å²) in [6.45, 7) is 0. The van der Waals surface area contributed by atoms with Gasteiger partial charge in [-0.05, 0) is 59.7 Å². The second-order valence-electron chi connectivity index (χ2n) is 11.4. The molecule has 6 aromatic carbocycles. The lowest BCUT2D eigenvalue weighted by Crippen LogP contribution is -1.97. The molecule has 3 aromatic heterocycles. The van der Waals surface area contributed by atoms with Gasteiger partial charge in [-0.25, -0.2) is 15.0 Å². The summed E-state index contributed by atoms with van der Waals surface area (Å²) in [6.07, 6.45) is 0. The van der Waals surface area contributed by atoms with E-state index in [0.717, 1.165) is 72.7 Å². The predicted octanol–water partition coefficient (Wildman–Crippen LogP) is 9.89. The van der Waals surface area contributed by atoms with Crippen molar-refractivity contribution in [3.8, 4) is 50.7 Å². The van der Waals surface area contributed by atoms with Crippen LogP contribution in [0.3, 0.4) is 0 Å². The first kappa shape index (κ1) is 26.1. The zero-order valence-electron chi connectivity index (χ0n) is 24.8. The molecule has 5 nitrogen and oxygen atoms in total. The van der Waals surface area contributed by atoms with E-state index in [-0.39, 0.29) is 0 Å². The first-order valence-electron chi connectivity index (χ1n) is 15.4. The number of nitrogens with zero attached hydrogens (tertiary/aromatic N) is 5. The summed E-state index contributed by atoms with van der Waals surface area (Å²) in [7, 11) is 0. The molecule has 9 aromatic rings. The summed E-state index contributed by atoms with van der Waals surface area (Å²) in [5.41, 5.74) is 12.4. The van der Waals surface area contributed by atoms with E-state index in [2.05, 4.69) is 130 Å². The first-order valence-corrected chi connectivity index (χ1v) is 15.4. The highest BCUT2D eigenvalue weighted by Gasteiger charge is 2.17. The lowest BCUT2D eigenvalue weighted by molar-refractivity contribution is 1.11. The number of aromatic nitrogens is 5. The maximum Gasteiger partial charge on any atom is 0.220 e. The largest absolute Gasteiger partial charge is 0.278 e. The molecule has 0 bridgehead atoms. The van der Waals surface area contributed by atoms with E-state index in [1.54, 1.807) is 0 Å². The van der Waals surface area contributed by atoms with Crippen molar-refractivity contribution in [3.63, 3.8) is 0 Å². The lowest BCUT2D eigenvalue weighted by Gasteiger charge is -2.11. The van der Waals surface area contributed by atoms with Crippen molar-refractivity contribution in [2.24, 2.45) is 0 Å². The van der Waals surface area contributed by atoms with Crippen molar-refractivity contribution < 1.29 is 0 Å². The third-order valence-electron chi connectivity index (χ3n) is 8.53. The minimum atomic E-state index is 0.695. The maximum absolute atomic E-state index is 5.06. The van der Waals surface area contributed by atoms with E-state index in [1.165, 1.54) is 0 Å². The van der Waals surface area contributed by atoms with Crippen LogP contribution >= 0.6 is 0 Å². The Kier molecular flexibility index (Phi) is 6.06. The summed E-state index contributed by atoms with van der Waals surface area (Å²) >= 11 is 0. The zero-order chi connectivity index (χ0) is 30.5. The Hall–Kier alpha value is -6.33. The Bertz CT molecular complexity index is 2470. The normalized spacial score (nSPS) is 11.5. The fourth-order valence-electron chi connectivity index (χ4n) is 6.36. The molecule has 46 heavy (non-hydrogen) atoms. The van der Waals surface area contributed by atoms with E-state index < -0.39 is 0 Å². The highest BCUT2D eigenvalue weighted by Crippen LogP contribution is 2.33. The number of imidazole rings is 2. The van der Waals surface area contributed by atoms with Gasteiger partial charge in [0.15, 0.2) is 5.82 Å². The quantitative estimate of drug-likeness (QED) is 0.201. The molecule has 0 aliphatic heterocycles. The molecule has 0 aliphatic carbocycles. The number of para-hydroxylation sites is 4. The van der Waals surface area contributed by atoms with Crippen LogP contribution in [0.4, 0.5) is 0 Å². The van der Waals surface area contributed by atoms with E-state index in [0.29, 0.717) is 5.82 Å². The summed E-state index contributed by atoms with van der Waals surface area (Å²) in [6, 6.07) is 56.6. The van der Waals surface area contributed by atoms with Crippen LogP contribution in [0.1, 0.15) is 0 Å². The molecule has 0 amide bonds. The second kappa shape index (κ2) is 10.7. The van der Waals surface area contributed by atoms with Crippen LogP contribution in [0.2, 0.25) is 0 Å². The second-order valence-corrected chi connectivity index (χ2v) is 11.4. The Morgan fingerprint density at radius 1 is 0.370 bits per heavy atom. The molecular weight excluding hydrogens is 562 g/mol. The summed E-state index contributed by atoms with van der Waals surface area (Å²) in [4.78, 5) is 15.2. The number of fused-ring (bicyclic) bond motifs is 5. The Balaban J connectivity index is 1.18. The first-order chi connectivity index (χ1) is 22.8. The van der Waals surface area contributed by atoms with Gasteiger partial charge in [-0.1, -0.05) is 115 Å². The van der Waals surface area contributed by atoms with Crippen molar-refractivity contribution in [3.05, 3.63) is 164 Å². The summed E-state index contributed by atoms with van der Waals surface area (Å²) < 4.78 is 4.50. The molecule has 0 fully saturated rings. The molecule has 9 rings (SSSR count). The van der Waals surface area contributed by atoms with Crippen LogP contribution < -0.4 is 0 Å². The van der Waals surface area contributed by atoms with Crippen LogP contribution in [-0.4, -0.2) is 23.9 Å². The van der Waals surface area contributed by atoms with Crippen molar-refractivity contribution in [1.29, 1.82) is 0 Å². The van der Waals surface area contributed by atoms with Crippen molar-refractivity contribution >= 4 is 27.8 Å². The molecule has 0 radical (unpaired) electrons. The maximum atomic E-state index is 5.06. The fourth-order valence-corrected chi connectivity index (χ4v) is 6.36. The molecule has 0 atom stereocenters. The Morgan fingerprint density at radius 3 is 1.63 bits per heavy atom. The van der Waals surface area contributed by atoms with Crippen molar-refractivity contribution in [1.82, 2.24) is 23.9 Å². The topological polar surface area (TPSA) is 48.0 Å². The predicted molar refractivity (Wildman–Crippen MR) is 187 cm³/mol. The van der Waals surface area contributed by atoms with Gasteiger partial charge in [0.2, 0.25) is 5.78 Å². The summed E-state index contributed by atoms with van der Waals surface area (Å²) in [5.74, 6) is 1.59. The minimum absolute atomic E-state index is 0.695. The van der Waals surface area contributed by atoms with Gasteiger partial charge in [-0.15, -0.1) is 0 Å². The molecule has 0 saturated heterocycles. The molecule has 5 heteroatoms. The molecule has 0 saturated carbocycles. The number of benzene rings is 6. The average molecular weight is 590 g/mol. The molecule has 3 heterocycles. The molecule has 0 aliphatic rings. The van der Waals surface area contributed by atoms with Gasteiger partial charge in [-0.2, -0.15) is 0 Å². The van der Waals surface area contributed by atoms with Gasteiger partial charge in [-0.3, -0.25) is 8.97 Å². The van der Waals surface area contributed by atoms with Crippen LogP contribution in [0.15, 0.2) is 164 Å². The Morgan fingerprint density at radius 2 is 0.913 bits per heavy atom. The fraction of sp³-hybridized carbons (Fsp3) is 0. The monoisotopic (exact) mass is 589 g/mol. The highest BCUT2D eigenvalue weighted by atomic mass is 15.2. The van der Waals surface area contributed by atoms with Gasteiger partial charge in [0.1, 0.15) is 0 Å². The molecule has 0 N–H and O–H groups in total. The van der Waals surface area contributed by atoms with Gasteiger partial charge in [0.05, 0.1) is 33.5 Å². The van der Waals surface area contributed by atoms with Crippen molar-refractivity contribution in [2.75, 3.05) is 0 Å². The smallest absolute Gasteiger partial charge is 0.220 e. The van der Waals surface area contributed by atoms with E-state index >= 15 is 0 Å². The molecular formula is C41H27N5. The molecule has 0 spiro atoms. The standard InChI is InChI=1S/C41H27N5/c1-3-13-28(14-4-1)35-27-36(29-15-5-2-6-16-29)43-40(42-35)32-19-11-17-30(25-32)31-18-12-20-33(26-31)45-38-23-9-10-24-39(38)46-37-22-8-7-21-34(37)44-41(45)46/h1-27H. The third kappa shape index (κ3) is 4.37. The van der Waals surface area contributed by atoms with Gasteiger partial charge in [0, 0.05) is 22.4 Å². The van der Waals surface area contributed by atoms with Crippen molar-refractivity contribution in [2.45, 2.75) is 0 Å². The van der Waals surface area contributed by atoms with Crippen LogP contribution in [0.5, 0.6) is 0 Å². The van der Waals surface area contributed by atoms with E-state index in [1.807, 2.05) is 42.5 Å². The highest BCUT2D eigenvalue weighted by molar-refractivity contribution is 5.92. The van der Waals surface area contributed by atoms with E-state index in [9.17, 15) is 0 Å². The number of hydrogen-bond acceptors (Lipinski definition) is 3. The minimum Gasteiger partial charge on any atom is -0.278 e. The number of rotatable bonds is 5. The van der Waals surface area contributed by atoms with Crippen LogP contribution in [-0.2, 0) is 0 Å². The summed E-state index contributed by atoms with van der Waals surface area (Å²) in [5, 5.41) is 0.